The van der Waals surface area contributed by atoms with Crippen molar-refractivity contribution in [3.05, 3.63) is 36.2 Å². The van der Waals surface area contributed by atoms with Crippen LogP contribution in [0.5, 0.6) is 11.6 Å². The molecule has 2 aromatic rings. The maximum Gasteiger partial charge on any atom is 0.242 e. The first-order valence-corrected chi connectivity index (χ1v) is 7.01. The molecule has 1 atom stereocenters. The third-order valence-corrected chi connectivity index (χ3v) is 3.30. The molecular formula is C15H18N4O2. The number of nitrogen functional groups attached to an aromatic ring is 1. The second-order valence-corrected chi connectivity index (χ2v) is 4.84. The molecule has 2 heterocycles. The van der Waals surface area contributed by atoms with Gasteiger partial charge in [0, 0.05) is 5.56 Å². The van der Waals surface area contributed by atoms with Crippen LogP contribution in [0.2, 0.25) is 0 Å². The third-order valence-electron chi connectivity index (χ3n) is 3.30. The predicted octanol–water partition coefficient (Wildman–Crippen LogP) is 2.39. The lowest BCUT2D eigenvalue weighted by molar-refractivity contribution is 0.306. The van der Waals surface area contributed by atoms with E-state index < -0.39 is 0 Å². The van der Waals surface area contributed by atoms with E-state index in [0.717, 1.165) is 17.7 Å². The highest BCUT2D eigenvalue weighted by atomic mass is 16.5. The van der Waals surface area contributed by atoms with Crippen LogP contribution >= 0.6 is 0 Å². The van der Waals surface area contributed by atoms with Crippen molar-refractivity contribution in [2.24, 2.45) is 0 Å². The van der Waals surface area contributed by atoms with Crippen molar-refractivity contribution in [3.8, 4) is 11.6 Å². The maximum atomic E-state index is 6.07. The van der Waals surface area contributed by atoms with E-state index >= 15 is 0 Å². The molecule has 21 heavy (non-hydrogen) atoms. The molecule has 1 aliphatic heterocycles. The fourth-order valence-electron chi connectivity index (χ4n) is 2.26. The van der Waals surface area contributed by atoms with E-state index in [4.69, 9.17) is 15.2 Å². The van der Waals surface area contributed by atoms with Gasteiger partial charge in [0.1, 0.15) is 24.4 Å². The van der Waals surface area contributed by atoms with E-state index in [1.165, 1.54) is 6.33 Å². The number of nitrogens with one attached hydrogen (secondary N) is 1. The van der Waals surface area contributed by atoms with E-state index in [2.05, 4.69) is 15.3 Å². The Balaban J connectivity index is 1.80. The SMILES string of the molecule is CCCOc1ncnc(NC2COc3ccccc32)c1N. The molecule has 1 aromatic heterocycles. The van der Waals surface area contributed by atoms with Crippen molar-refractivity contribution < 1.29 is 9.47 Å². The molecule has 0 radical (unpaired) electrons. The molecule has 0 spiro atoms. The van der Waals surface area contributed by atoms with Crippen LogP contribution in [-0.2, 0) is 0 Å². The zero-order valence-corrected chi connectivity index (χ0v) is 11.9. The lowest BCUT2D eigenvalue weighted by atomic mass is 10.1. The molecule has 0 saturated carbocycles. The topological polar surface area (TPSA) is 82.3 Å². The number of benzene rings is 1. The van der Waals surface area contributed by atoms with Gasteiger partial charge in [0.25, 0.3) is 0 Å². The summed E-state index contributed by atoms with van der Waals surface area (Å²) in [4.78, 5) is 8.27. The summed E-state index contributed by atoms with van der Waals surface area (Å²) in [6.07, 6.45) is 2.35. The van der Waals surface area contributed by atoms with Gasteiger partial charge in [-0.3, -0.25) is 0 Å². The number of fused-ring (bicyclic) bond motifs is 1. The fourth-order valence-corrected chi connectivity index (χ4v) is 2.26. The van der Waals surface area contributed by atoms with Gasteiger partial charge in [0.05, 0.1) is 12.6 Å². The zero-order valence-electron chi connectivity index (χ0n) is 11.9. The summed E-state index contributed by atoms with van der Waals surface area (Å²) in [5.41, 5.74) is 7.60. The molecule has 1 aromatic carbocycles. The van der Waals surface area contributed by atoms with Crippen LogP contribution in [-0.4, -0.2) is 23.2 Å². The van der Waals surface area contributed by atoms with Crippen LogP contribution < -0.4 is 20.5 Å². The Bertz CT molecular complexity index is 633. The van der Waals surface area contributed by atoms with Crippen molar-refractivity contribution >= 4 is 11.5 Å². The lowest BCUT2D eigenvalue weighted by Gasteiger charge is -2.15. The van der Waals surface area contributed by atoms with E-state index in [0.29, 0.717) is 30.6 Å². The number of hydrogen-bond donors (Lipinski definition) is 2. The molecule has 0 saturated heterocycles. The van der Waals surface area contributed by atoms with Crippen molar-refractivity contribution in [1.29, 1.82) is 0 Å². The quantitative estimate of drug-likeness (QED) is 0.878. The number of anilines is 2. The first-order chi connectivity index (χ1) is 10.3. The lowest BCUT2D eigenvalue weighted by Crippen LogP contribution is -2.15. The van der Waals surface area contributed by atoms with Gasteiger partial charge in [-0.25, -0.2) is 4.98 Å². The monoisotopic (exact) mass is 286 g/mol. The Morgan fingerprint density at radius 1 is 1.38 bits per heavy atom. The van der Waals surface area contributed by atoms with Crippen molar-refractivity contribution in [3.63, 3.8) is 0 Å². The van der Waals surface area contributed by atoms with Crippen molar-refractivity contribution in [2.45, 2.75) is 19.4 Å². The number of nitrogens with two attached hydrogens (primary N) is 1. The van der Waals surface area contributed by atoms with E-state index in [1.54, 1.807) is 0 Å². The maximum absolute atomic E-state index is 6.07. The number of nitrogens with zero attached hydrogens (tertiary/aromatic N) is 2. The minimum absolute atomic E-state index is 0.0254. The minimum atomic E-state index is 0.0254. The van der Waals surface area contributed by atoms with Gasteiger partial charge in [0.2, 0.25) is 5.88 Å². The predicted molar refractivity (Wildman–Crippen MR) is 80.5 cm³/mol. The molecule has 3 N–H and O–H groups in total. The van der Waals surface area contributed by atoms with Gasteiger partial charge in [-0.2, -0.15) is 4.98 Å². The molecule has 6 nitrogen and oxygen atoms in total. The summed E-state index contributed by atoms with van der Waals surface area (Å²) in [6.45, 7) is 3.16. The molecule has 0 aliphatic carbocycles. The molecule has 1 unspecified atom stereocenters. The van der Waals surface area contributed by atoms with Crippen molar-refractivity contribution in [1.82, 2.24) is 9.97 Å². The molecular weight excluding hydrogens is 268 g/mol. The molecule has 110 valence electrons. The molecule has 0 amide bonds. The van der Waals surface area contributed by atoms with Crippen LogP contribution in [0.4, 0.5) is 11.5 Å². The molecule has 1 aliphatic rings. The Morgan fingerprint density at radius 3 is 3.10 bits per heavy atom. The smallest absolute Gasteiger partial charge is 0.242 e. The Labute approximate surface area is 123 Å². The molecule has 0 fully saturated rings. The summed E-state index contributed by atoms with van der Waals surface area (Å²) in [5, 5.41) is 3.30. The normalized spacial score (nSPS) is 16.1. The number of para-hydroxylation sites is 1. The van der Waals surface area contributed by atoms with Crippen LogP contribution in [0, 0.1) is 0 Å². The average molecular weight is 286 g/mol. The first-order valence-electron chi connectivity index (χ1n) is 7.01. The standard InChI is InChI=1S/C15H18N4O2/c1-2-7-20-15-13(16)14(17-9-18-15)19-11-8-21-12-6-4-3-5-10(11)12/h3-6,9,11H,2,7-8,16H2,1H3,(H,17,18,19). The Hall–Kier alpha value is -2.50. The van der Waals surface area contributed by atoms with E-state index in [-0.39, 0.29) is 6.04 Å². The van der Waals surface area contributed by atoms with Gasteiger partial charge in [-0.05, 0) is 12.5 Å². The molecule has 0 bridgehead atoms. The van der Waals surface area contributed by atoms with Crippen molar-refractivity contribution in [2.75, 3.05) is 24.3 Å². The number of rotatable bonds is 5. The van der Waals surface area contributed by atoms with Gasteiger partial charge >= 0.3 is 0 Å². The highest BCUT2D eigenvalue weighted by molar-refractivity contribution is 5.67. The molecule has 3 rings (SSSR count). The largest absolute Gasteiger partial charge is 0.491 e. The minimum Gasteiger partial charge on any atom is -0.491 e. The average Bonchev–Trinajstić information content (AvgIpc) is 2.91. The first kappa shape index (κ1) is 13.5. The molecule has 6 heteroatoms. The second kappa shape index (κ2) is 5.87. The van der Waals surface area contributed by atoms with E-state index in [1.807, 2.05) is 31.2 Å². The van der Waals surface area contributed by atoms with Crippen LogP contribution in [0.15, 0.2) is 30.6 Å². The number of ether oxygens (including phenoxy) is 2. The Kier molecular flexibility index (Phi) is 3.77. The number of aromatic nitrogens is 2. The van der Waals surface area contributed by atoms with Crippen LogP contribution in [0.3, 0.4) is 0 Å². The van der Waals surface area contributed by atoms with Gasteiger partial charge < -0.3 is 20.5 Å². The summed E-state index contributed by atoms with van der Waals surface area (Å²) in [7, 11) is 0. The summed E-state index contributed by atoms with van der Waals surface area (Å²) >= 11 is 0. The van der Waals surface area contributed by atoms with Gasteiger partial charge in [0.15, 0.2) is 5.82 Å². The highest BCUT2D eigenvalue weighted by Gasteiger charge is 2.25. The Morgan fingerprint density at radius 2 is 2.24 bits per heavy atom. The highest BCUT2D eigenvalue weighted by Crippen LogP contribution is 2.35. The van der Waals surface area contributed by atoms with Crippen LogP contribution in [0.1, 0.15) is 24.9 Å². The fraction of sp³-hybridized carbons (Fsp3) is 0.333. The number of hydrogen-bond acceptors (Lipinski definition) is 6. The van der Waals surface area contributed by atoms with Gasteiger partial charge in [-0.15, -0.1) is 0 Å². The summed E-state index contributed by atoms with van der Waals surface area (Å²) in [6, 6.07) is 7.96. The van der Waals surface area contributed by atoms with Crippen LogP contribution in [0.25, 0.3) is 0 Å². The second-order valence-electron chi connectivity index (χ2n) is 4.84. The summed E-state index contributed by atoms with van der Waals surface area (Å²) < 4.78 is 11.2. The summed E-state index contributed by atoms with van der Waals surface area (Å²) in [5.74, 6) is 1.88. The zero-order chi connectivity index (χ0) is 14.7. The van der Waals surface area contributed by atoms with Gasteiger partial charge in [-0.1, -0.05) is 25.1 Å². The third kappa shape index (κ3) is 2.69. The van der Waals surface area contributed by atoms with E-state index in [9.17, 15) is 0 Å².